The maximum atomic E-state index is 10.8. The fourth-order valence-electron chi connectivity index (χ4n) is 1.09. The van der Waals surface area contributed by atoms with Crippen molar-refractivity contribution < 1.29 is 24.7 Å². The normalized spacial score (nSPS) is 9.81. The van der Waals surface area contributed by atoms with Gasteiger partial charge in [0.15, 0.2) is 0 Å². The van der Waals surface area contributed by atoms with Crippen LogP contribution in [0.3, 0.4) is 0 Å². The van der Waals surface area contributed by atoms with E-state index in [1.54, 1.807) is 0 Å². The van der Waals surface area contributed by atoms with Gasteiger partial charge >= 0.3 is 11.9 Å². The maximum absolute atomic E-state index is 10.8. The van der Waals surface area contributed by atoms with Gasteiger partial charge in [-0.05, 0) is 22.0 Å². The molecule has 0 aromatic heterocycles. The summed E-state index contributed by atoms with van der Waals surface area (Å²) in [5, 5.41) is 28.0. The molecule has 0 aliphatic rings. The highest BCUT2D eigenvalue weighted by atomic mass is 79.9. The number of nitro benzene ring substituents is 1. The van der Waals surface area contributed by atoms with E-state index in [9.17, 15) is 19.7 Å². The molecule has 0 amide bonds. The van der Waals surface area contributed by atoms with E-state index in [0.29, 0.717) is 0 Å². The molecular weight excluding hydrogens is 286 g/mol. The summed E-state index contributed by atoms with van der Waals surface area (Å²) in [6, 6.07) is 1.81. The minimum atomic E-state index is -1.55. The first-order chi connectivity index (χ1) is 7.36. The van der Waals surface area contributed by atoms with Crippen LogP contribution >= 0.6 is 15.9 Å². The van der Waals surface area contributed by atoms with Crippen molar-refractivity contribution in [2.75, 3.05) is 0 Å². The zero-order valence-electron chi connectivity index (χ0n) is 7.51. The molecule has 0 aliphatic heterocycles. The number of hydrogen-bond acceptors (Lipinski definition) is 4. The molecule has 84 valence electrons. The third kappa shape index (κ3) is 2.01. The lowest BCUT2D eigenvalue weighted by Crippen LogP contribution is -2.10. The van der Waals surface area contributed by atoms with Gasteiger partial charge in [-0.25, -0.2) is 9.59 Å². The van der Waals surface area contributed by atoms with Crippen LogP contribution in [0.4, 0.5) is 5.69 Å². The van der Waals surface area contributed by atoms with Gasteiger partial charge in [-0.1, -0.05) is 0 Å². The molecule has 1 aromatic rings. The van der Waals surface area contributed by atoms with E-state index in [1.807, 2.05) is 0 Å². The number of carboxylic acid groups (broad SMARTS) is 2. The van der Waals surface area contributed by atoms with Crippen LogP contribution in [0.1, 0.15) is 20.7 Å². The van der Waals surface area contributed by atoms with E-state index in [0.717, 1.165) is 12.1 Å². The molecule has 0 bridgehead atoms. The number of carbonyl (C=O) groups is 2. The summed E-state index contributed by atoms with van der Waals surface area (Å²) in [4.78, 5) is 31.2. The van der Waals surface area contributed by atoms with Gasteiger partial charge in [0.2, 0.25) is 0 Å². The number of hydrogen-bond donors (Lipinski definition) is 2. The van der Waals surface area contributed by atoms with Crippen LogP contribution in [0.15, 0.2) is 16.6 Å². The Morgan fingerprint density at radius 1 is 1.25 bits per heavy atom. The number of benzene rings is 1. The number of carboxylic acids is 2. The Hall–Kier alpha value is -1.96. The second kappa shape index (κ2) is 4.27. The maximum Gasteiger partial charge on any atom is 0.337 e. The molecule has 0 saturated heterocycles. The monoisotopic (exact) mass is 289 g/mol. The highest BCUT2D eigenvalue weighted by Gasteiger charge is 2.26. The summed E-state index contributed by atoms with van der Waals surface area (Å²) in [5.41, 5.74) is -1.64. The molecule has 0 heterocycles. The van der Waals surface area contributed by atoms with E-state index in [-0.39, 0.29) is 4.47 Å². The van der Waals surface area contributed by atoms with Gasteiger partial charge in [-0.2, -0.15) is 0 Å². The number of rotatable bonds is 3. The van der Waals surface area contributed by atoms with Gasteiger partial charge in [0.25, 0.3) is 5.69 Å². The molecule has 8 heteroatoms. The van der Waals surface area contributed by atoms with Gasteiger partial charge in [-0.15, -0.1) is 0 Å². The van der Waals surface area contributed by atoms with Crippen LogP contribution < -0.4 is 0 Å². The zero-order valence-corrected chi connectivity index (χ0v) is 9.09. The molecule has 0 atom stereocenters. The zero-order chi connectivity index (χ0) is 12.5. The van der Waals surface area contributed by atoms with Gasteiger partial charge in [0, 0.05) is 6.07 Å². The Bertz CT molecular complexity index is 498. The predicted octanol–water partition coefficient (Wildman–Crippen LogP) is 1.75. The standard InChI is InChI=1S/C8H4BrNO6/c9-6-4(10(15)16)2-1-3(7(11)12)5(6)8(13)14/h1-2H,(H,11,12)(H,13,14). The quantitative estimate of drug-likeness (QED) is 0.646. The van der Waals surface area contributed by atoms with Gasteiger partial charge in [0.1, 0.15) is 4.47 Å². The fraction of sp³-hybridized carbons (Fsp3) is 0. The highest BCUT2D eigenvalue weighted by Crippen LogP contribution is 2.31. The van der Waals surface area contributed by atoms with E-state index >= 15 is 0 Å². The molecule has 0 radical (unpaired) electrons. The van der Waals surface area contributed by atoms with Gasteiger partial charge < -0.3 is 10.2 Å². The van der Waals surface area contributed by atoms with Crippen LogP contribution in [0.5, 0.6) is 0 Å². The topological polar surface area (TPSA) is 118 Å². The molecule has 1 rings (SSSR count). The summed E-state index contributed by atoms with van der Waals surface area (Å²) in [7, 11) is 0. The molecule has 16 heavy (non-hydrogen) atoms. The summed E-state index contributed by atoms with van der Waals surface area (Å²) < 4.78 is -0.357. The Labute approximate surface area is 96.6 Å². The minimum Gasteiger partial charge on any atom is -0.478 e. The van der Waals surface area contributed by atoms with Crippen LogP contribution in [0.2, 0.25) is 0 Å². The lowest BCUT2D eigenvalue weighted by Gasteiger charge is -2.04. The molecule has 0 unspecified atom stereocenters. The Kier molecular flexibility index (Phi) is 3.23. The average molecular weight is 290 g/mol. The highest BCUT2D eigenvalue weighted by molar-refractivity contribution is 9.10. The molecule has 2 N–H and O–H groups in total. The molecule has 7 nitrogen and oxygen atoms in total. The van der Waals surface area contributed by atoms with E-state index in [1.165, 1.54) is 0 Å². The minimum absolute atomic E-state index is 0.357. The predicted molar refractivity (Wildman–Crippen MR) is 54.7 cm³/mol. The Morgan fingerprint density at radius 2 is 1.81 bits per heavy atom. The third-order valence-corrected chi connectivity index (χ3v) is 2.57. The van der Waals surface area contributed by atoms with E-state index < -0.39 is 33.7 Å². The van der Waals surface area contributed by atoms with Crippen molar-refractivity contribution in [1.82, 2.24) is 0 Å². The first kappa shape index (κ1) is 12.1. The van der Waals surface area contributed by atoms with Gasteiger partial charge in [0.05, 0.1) is 16.1 Å². The number of nitrogens with zero attached hydrogens (tertiary/aromatic N) is 1. The van der Waals surface area contributed by atoms with E-state index in [2.05, 4.69) is 15.9 Å². The molecule has 0 aliphatic carbocycles. The van der Waals surface area contributed by atoms with Crippen LogP contribution in [-0.4, -0.2) is 27.1 Å². The summed E-state index contributed by atoms with van der Waals surface area (Å²) in [6.07, 6.45) is 0. The number of aromatic carboxylic acids is 2. The first-order valence-corrected chi connectivity index (χ1v) is 4.59. The van der Waals surface area contributed by atoms with Crippen molar-refractivity contribution in [3.63, 3.8) is 0 Å². The average Bonchev–Trinajstić information content (AvgIpc) is 2.15. The smallest absolute Gasteiger partial charge is 0.337 e. The molecule has 0 saturated carbocycles. The van der Waals surface area contributed by atoms with E-state index in [4.69, 9.17) is 10.2 Å². The van der Waals surface area contributed by atoms with Crippen molar-refractivity contribution >= 4 is 33.6 Å². The second-order valence-corrected chi connectivity index (χ2v) is 3.48. The van der Waals surface area contributed by atoms with Crippen LogP contribution in [0.25, 0.3) is 0 Å². The summed E-state index contributed by atoms with van der Waals surface area (Å²) >= 11 is 2.72. The number of halogens is 1. The van der Waals surface area contributed by atoms with Crippen LogP contribution in [0, 0.1) is 10.1 Å². The van der Waals surface area contributed by atoms with Crippen molar-refractivity contribution in [2.24, 2.45) is 0 Å². The largest absolute Gasteiger partial charge is 0.478 e. The molecular formula is C8H4BrNO6. The van der Waals surface area contributed by atoms with Crippen molar-refractivity contribution in [3.8, 4) is 0 Å². The van der Waals surface area contributed by atoms with Crippen LogP contribution in [-0.2, 0) is 0 Å². The third-order valence-electron chi connectivity index (χ3n) is 1.76. The van der Waals surface area contributed by atoms with Crippen molar-refractivity contribution in [2.45, 2.75) is 0 Å². The van der Waals surface area contributed by atoms with Crippen molar-refractivity contribution in [3.05, 3.63) is 37.8 Å². The SMILES string of the molecule is O=C(O)c1ccc([N+](=O)[O-])c(Br)c1C(=O)O. The second-order valence-electron chi connectivity index (χ2n) is 2.69. The Balaban J connectivity index is 3.60. The van der Waals surface area contributed by atoms with Crippen molar-refractivity contribution in [1.29, 1.82) is 0 Å². The first-order valence-electron chi connectivity index (χ1n) is 3.79. The molecule has 1 aromatic carbocycles. The summed E-state index contributed by atoms with van der Waals surface area (Å²) in [5.74, 6) is -3.01. The van der Waals surface area contributed by atoms with Gasteiger partial charge in [-0.3, -0.25) is 10.1 Å². The lowest BCUT2D eigenvalue weighted by molar-refractivity contribution is -0.385. The number of nitro groups is 1. The lowest BCUT2D eigenvalue weighted by atomic mass is 10.1. The summed E-state index contributed by atoms with van der Waals surface area (Å²) in [6.45, 7) is 0. The fourth-order valence-corrected chi connectivity index (χ4v) is 1.75. The Morgan fingerprint density at radius 3 is 2.19 bits per heavy atom. The molecule has 0 spiro atoms. The molecule has 0 fully saturated rings.